The van der Waals surface area contributed by atoms with Crippen LogP contribution in [-0.4, -0.2) is 36.8 Å². The molecule has 7 nitrogen and oxygen atoms in total. The van der Waals surface area contributed by atoms with E-state index in [0.717, 1.165) is 11.1 Å². The predicted octanol–water partition coefficient (Wildman–Crippen LogP) is 5.26. The van der Waals surface area contributed by atoms with Gasteiger partial charge >= 0.3 is 5.97 Å². The summed E-state index contributed by atoms with van der Waals surface area (Å²) in [7, 11) is 2.78. The third-order valence-corrected chi connectivity index (χ3v) is 6.03. The second kappa shape index (κ2) is 11.5. The Hall–Kier alpha value is -4.46. The van der Waals surface area contributed by atoms with Gasteiger partial charge in [-0.25, -0.2) is 14.2 Å². The van der Waals surface area contributed by atoms with Crippen LogP contribution in [0.15, 0.2) is 84.2 Å². The molecule has 0 aromatic heterocycles. The third-order valence-electron chi connectivity index (χ3n) is 6.03. The van der Waals surface area contributed by atoms with Crippen LogP contribution in [0.1, 0.15) is 41.6 Å². The smallest absolute Gasteiger partial charge is 0.341 e. The summed E-state index contributed by atoms with van der Waals surface area (Å²) in [5.74, 6) is -0.517. The zero-order valence-corrected chi connectivity index (χ0v) is 20.8. The Kier molecular flexibility index (Phi) is 7.98. The molecule has 1 unspecified atom stereocenters. The Morgan fingerprint density at radius 2 is 1.73 bits per heavy atom. The van der Waals surface area contributed by atoms with Gasteiger partial charge in [0.25, 0.3) is 0 Å². The van der Waals surface area contributed by atoms with Crippen molar-refractivity contribution >= 4 is 23.2 Å². The molecule has 0 aliphatic carbocycles. The van der Waals surface area contributed by atoms with Crippen LogP contribution < -0.4 is 4.74 Å². The highest BCUT2D eigenvalue weighted by Crippen LogP contribution is 2.34. The molecule has 0 fully saturated rings. The summed E-state index contributed by atoms with van der Waals surface area (Å²) < 4.78 is 30.4. The fraction of sp³-hybridized carbons (Fsp3) is 0.207. The average Bonchev–Trinajstić information content (AvgIpc) is 3.37. The van der Waals surface area contributed by atoms with E-state index in [4.69, 9.17) is 14.2 Å². The highest BCUT2D eigenvalue weighted by molar-refractivity contribution is 6.16. The molecule has 8 heteroatoms. The van der Waals surface area contributed by atoms with E-state index in [1.165, 1.54) is 38.5 Å². The molecule has 0 radical (unpaired) electrons. The molecule has 1 aliphatic heterocycles. The van der Waals surface area contributed by atoms with Gasteiger partial charge in [0.1, 0.15) is 23.7 Å². The number of halogens is 1. The lowest BCUT2D eigenvalue weighted by Gasteiger charge is -2.20. The number of benzene rings is 3. The first-order valence-electron chi connectivity index (χ1n) is 11.7. The van der Waals surface area contributed by atoms with Crippen LogP contribution in [0.2, 0.25) is 0 Å². The zero-order valence-electron chi connectivity index (χ0n) is 20.8. The van der Waals surface area contributed by atoms with Gasteiger partial charge in [0, 0.05) is 18.9 Å². The van der Waals surface area contributed by atoms with Crippen LogP contribution in [-0.2, 0) is 25.7 Å². The Bertz CT molecular complexity index is 1350. The van der Waals surface area contributed by atoms with Crippen molar-refractivity contribution in [1.29, 1.82) is 0 Å². The van der Waals surface area contributed by atoms with Crippen molar-refractivity contribution < 1.29 is 28.2 Å². The monoisotopic (exact) mass is 502 g/mol. The molecule has 0 N–H and O–H groups in total. The van der Waals surface area contributed by atoms with Gasteiger partial charge in [-0.2, -0.15) is 5.10 Å². The Labute approximate surface area is 214 Å². The molecule has 0 saturated heterocycles. The molecule has 1 amide bonds. The molecule has 3 aromatic carbocycles. The van der Waals surface area contributed by atoms with Crippen molar-refractivity contribution in [3.63, 3.8) is 0 Å². The summed E-state index contributed by atoms with van der Waals surface area (Å²) in [5, 5.41) is 5.82. The maximum Gasteiger partial charge on any atom is 0.341 e. The number of hydrogen-bond donors (Lipinski definition) is 0. The number of carbonyl (C=O) groups is 2. The molecular weight excluding hydrogens is 475 g/mol. The van der Waals surface area contributed by atoms with Gasteiger partial charge in [-0.05, 0) is 47.0 Å². The molecule has 0 spiro atoms. The second-order valence-corrected chi connectivity index (χ2v) is 8.38. The fourth-order valence-electron chi connectivity index (χ4n) is 4.23. The van der Waals surface area contributed by atoms with Crippen molar-refractivity contribution in [2.45, 2.75) is 26.0 Å². The Balaban J connectivity index is 1.50. The number of rotatable bonds is 8. The maximum absolute atomic E-state index is 14.4. The summed E-state index contributed by atoms with van der Waals surface area (Å²) in [4.78, 5) is 24.4. The number of carbonyl (C=O) groups excluding carboxylic acids is 2. The van der Waals surface area contributed by atoms with Crippen LogP contribution in [0.25, 0.3) is 5.57 Å². The number of hydrazone groups is 1. The minimum absolute atomic E-state index is 0.210. The Morgan fingerprint density at radius 3 is 2.41 bits per heavy atom. The van der Waals surface area contributed by atoms with Crippen LogP contribution in [0, 0.1) is 5.82 Å². The summed E-state index contributed by atoms with van der Waals surface area (Å²) >= 11 is 0. The number of ether oxygens (including phenoxy) is 3. The maximum atomic E-state index is 14.4. The molecule has 37 heavy (non-hydrogen) atoms. The van der Waals surface area contributed by atoms with E-state index < -0.39 is 12.0 Å². The van der Waals surface area contributed by atoms with Crippen molar-refractivity contribution in [2.24, 2.45) is 5.10 Å². The van der Waals surface area contributed by atoms with Crippen molar-refractivity contribution in [2.75, 3.05) is 14.2 Å². The quantitative estimate of drug-likeness (QED) is 0.239. The van der Waals surface area contributed by atoms with Crippen LogP contribution in [0.4, 0.5) is 4.39 Å². The summed E-state index contributed by atoms with van der Waals surface area (Å²) in [6, 6.07) is 20.6. The van der Waals surface area contributed by atoms with E-state index in [1.54, 1.807) is 36.4 Å². The third kappa shape index (κ3) is 5.69. The number of hydrogen-bond acceptors (Lipinski definition) is 6. The number of nitrogens with zero attached hydrogens (tertiary/aromatic N) is 2. The molecule has 1 atom stereocenters. The molecule has 4 rings (SSSR count). The first-order valence-corrected chi connectivity index (χ1v) is 11.7. The molecule has 1 aliphatic rings. The molecule has 0 bridgehead atoms. The molecule has 1 heterocycles. The Morgan fingerprint density at radius 1 is 1.03 bits per heavy atom. The van der Waals surface area contributed by atoms with E-state index in [9.17, 15) is 14.0 Å². The predicted molar refractivity (Wildman–Crippen MR) is 137 cm³/mol. The topological polar surface area (TPSA) is 77.4 Å². The lowest BCUT2D eigenvalue weighted by Crippen LogP contribution is -2.25. The first-order chi connectivity index (χ1) is 17.9. The van der Waals surface area contributed by atoms with Gasteiger partial charge in [-0.3, -0.25) is 4.79 Å². The molecule has 0 saturated carbocycles. The summed E-state index contributed by atoms with van der Waals surface area (Å²) in [6.45, 7) is 1.63. The fourth-order valence-corrected chi connectivity index (χ4v) is 4.23. The number of methoxy groups -OCH3 is 2. The van der Waals surface area contributed by atoms with Crippen LogP contribution >= 0.6 is 0 Å². The number of esters is 1. The molecule has 190 valence electrons. The highest BCUT2D eigenvalue weighted by atomic mass is 19.1. The van der Waals surface area contributed by atoms with Gasteiger partial charge in [0.05, 0.1) is 32.2 Å². The van der Waals surface area contributed by atoms with E-state index in [1.807, 2.05) is 30.3 Å². The van der Waals surface area contributed by atoms with Crippen LogP contribution in [0.3, 0.4) is 0 Å². The van der Waals surface area contributed by atoms with E-state index >= 15 is 0 Å². The van der Waals surface area contributed by atoms with E-state index in [-0.39, 0.29) is 18.3 Å². The molecular formula is C29H27FN2O5. The van der Waals surface area contributed by atoms with E-state index in [2.05, 4.69) is 5.10 Å². The van der Waals surface area contributed by atoms with Gasteiger partial charge in [0.15, 0.2) is 0 Å². The normalized spacial score (nSPS) is 15.2. The summed E-state index contributed by atoms with van der Waals surface area (Å²) in [5.41, 5.74) is 3.66. The standard InChI is InChI=1S/C29H27FN2O5/c1-19(33)32-28(24-10-6-7-11-26(24)30)16-27(31-32)20-12-14-22(15-13-20)37-17-21-8-4-5-9-23(21)25(18-35-2)29(34)36-3/h4-15,18,28H,16-17H2,1-3H3/b25-18+. The van der Waals surface area contributed by atoms with Gasteiger partial charge in [-0.1, -0.05) is 42.5 Å². The van der Waals surface area contributed by atoms with Gasteiger partial charge < -0.3 is 14.2 Å². The first kappa shape index (κ1) is 25.6. The minimum Gasteiger partial charge on any atom is -0.503 e. The second-order valence-electron chi connectivity index (χ2n) is 8.38. The largest absolute Gasteiger partial charge is 0.503 e. The number of amides is 1. The average molecular weight is 503 g/mol. The van der Waals surface area contributed by atoms with Gasteiger partial charge in [-0.15, -0.1) is 0 Å². The van der Waals surface area contributed by atoms with Crippen molar-refractivity contribution in [1.82, 2.24) is 5.01 Å². The lowest BCUT2D eigenvalue weighted by molar-refractivity contribution is -0.134. The highest BCUT2D eigenvalue weighted by Gasteiger charge is 2.33. The van der Waals surface area contributed by atoms with Crippen molar-refractivity contribution in [3.05, 3.63) is 107 Å². The van der Waals surface area contributed by atoms with E-state index in [0.29, 0.717) is 34.6 Å². The zero-order chi connectivity index (χ0) is 26.4. The minimum atomic E-state index is -0.510. The molecule has 3 aromatic rings. The summed E-state index contributed by atoms with van der Waals surface area (Å²) in [6.07, 6.45) is 1.75. The SMILES string of the molecule is CO/C=C(/C(=O)OC)c1ccccc1COc1ccc(C2=NN(C(C)=O)C(c3ccccc3F)C2)cc1. The van der Waals surface area contributed by atoms with Crippen LogP contribution in [0.5, 0.6) is 5.75 Å². The lowest BCUT2D eigenvalue weighted by atomic mass is 9.98. The van der Waals surface area contributed by atoms with Crippen molar-refractivity contribution in [3.8, 4) is 5.75 Å². The van der Waals surface area contributed by atoms with Gasteiger partial charge in [0.2, 0.25) is 5.91 Å².